The molecular weight excluding hydrogens is 486 g/mol. The van der Waals surface area contributed by atoms with Gasteiger partial charge in [-0.3, -0.25) is 0 Å². The number of fused-ring (bicyclic) bond motifs is 1. The van der Waals surface area contributed by atoms with Crippen LogP contribution >= 0.6 is 11.6 Å². The fourth-order valence-corrected chi connectivity index (χ4v) is 4.96. The summed E-state index contributed by atoms with van der Waals surface area (Å²) >= 11 is 6.01. The van der Waals surface area contributed by atoms with E-state index >= 15 is 0 Å². The lowest BCUT2D eigenvalue weighted by atomic mass is 9.83. The fraction of sp³-hybridized carbons (Fsp3) is 0.679. The molecule has 1 aliphatic carbocycles. The molecule has 0 bridgehead atoms. The summed E-state index contributed by atoms with van der Waals surface area (Å²) in [6, 6.07) is 3.42. The van der Waals surface area contributed by atoms with Gasteiger partial charge in [0.15, 0.2) is 0 Å². The van der Waals surface area contributed by atoms with Crippen LogP contribution in [0.25, 0.3) is 10.9 Å². The number of carboxylic acids is 1. The summed E-state index contributed by atoms with van der Waals surface area (Å²) in [7, 11) is 0. The van der Waals surface area contributed by atoms with E-state index < -0.39 is 17.5 Å². The van der Waals surface area contributed by atoms with Crippen molar-refractivity contribution in [3.8, 4) is 0 Å². The van der Waals surface area contributed by atoms with Gasteiger partial charge in [0, 0.05) is 31.0 Å². The van der Waals surface area contributed by atoms with Crippen molar-refractivity contribution in [3.63, 3.8) is 0 Å². The van der Waals surface area contributed by atoms with Crippen LogP contribution in [0.2, 0.25) is 5.02 Å². The van der Waals surface area contributed by atoms with E-state index in [4.69, 9.17) is 16.7 Å². The Hall–Kier alpha value is -1.70. The third kappa shape index (κ3) is 9.64. The van der Waals surface area contributed by atoms with E-state index in [2.05, 4.69) is 17.2 Å². The predicted molar refractivity (Wildman–Crippen MR) is 143 cm³/mol. The lowest BCUT2D eigenvalue weighted by molar-refractivity contribution is -0.102. The second-order valence-electron chi connectivity index (χ2n) is 10.1. The number of H-pyrrole nitrogens is 1. The Labute approximate surface area is 219 Å². The van der Waals surface area contributed by atoms with E-state index in [-0.39, 0.29) is 31.2 Å². The molecule has 2 aromatic rings. The number of rotatable bonds is 13. The molecule has 0 spiro atoms. The Balaban J connectivity index is 0.000000267. The average molecular weight is 529 g/mol. The molecule has 36 heavy (non-hydrogen) atoms. The molecule has 0 unspecified atom stereocenters. The molecule has 0 atom stereocenters. The predicted octanol–water partition coefficient (Wildman–Crippen LogP) is 7.74. The van der Waals surface area contributed by atoms with Crippen molar-refractivity contribution >= 4 is 28.5 Å². The molecular formula is C28H43ClF2N2O3. The van der Waals surface area contributed by atoms with Crippen LogP contribution in [0.4, 0.5) is 8.78 Å². The molecule has 8 heteroatoms. The number of halogens is 3. The smallest absolute Gasteiger partial charge is 0.337 e. The van der Waals surface area contributed by atoms with Crippen LogP contribution in [-0.2, 0) is 6.42 Å². The maximum atomic E-state index is 13.1. The van der Waals surface area contributed by atoms with Crippen LogP contribution in [0.5, 0.6) is 0 Å². The Morgan fingerprint density at radius 1 is 1.06 bits per heavy atom. The Bertz CT molecular complexity index is 938. The van der Waals surface area contributed by atoms with Gasteiger partial charge in [-0.15, -0.1) is 0 Å². The standard InChI is InChI=1S/C17H33F2NO.C11H10ClNO2/c1-2-3-4-5-6-7-8-9-14-20-15-16(21)10-12-17(18,19)13-11-16;1-2-6-5-8(11(14)15)9(12)7-3-4-13-10(6)7/h20-21H,2-15H2,1H3;3-5,13H,2H2,1H3,(H,14,15). The summed E-state index contributed by atoms with van der Waals surface area (Å²) in [4.78, 5) is 14.0. The summed E-state index contributed by atoms with van der Waals surface area (Å²) in [5.41, 5.74) is 1.15. The zero-order valence-corrected chi connectivity index (χ0v) is 22.5. The minimum absolute atomic E-state index is 0.167. The van der Waals surface area contributed by atoms with Gasteiger partial charge in [-0.25, -0.2) is 13.6 Å². The summed E-state index contributed by atoms with van der Waals surface area (Å²) in [6.07, 6.45) is 12.9. The average Bonchev–Trinajstić information content (AvgIpc) is 3.34. The van der Waals surface area contributed by atoms with Gasteiger partial charge in [-0.05, 0) is 49.9 Å². The third-order valence-corrected chi connectivity index (χ3v) is 7.45. The van der Waals surface area contributed by atoms with E-state index in [0.717, 1.165) is 35.9 Å². The van der Waals surface area contributed by atoms with Crippen molar-refractivity contribution in [2.75, 3.05) is 13.1 Å². The molecule has 204 valence electrons. The number of carbonyl (C=O) groups is 1. The van der Waals surface area contributed by atoms with Crippen molar-refractivity contribution in [2.45, 2.75) is 109 Å². The summed E-state index contributed by atoms with van der Waals surface area (Å²) in [5, 5.41) is 23.5. The number of benzene rings is 1. The van der Waals surface area contributed by atoms with E-state index in [0.29, 0.717) is 11.6 Å². The maximum absolute atomic E-state index is 13.1. The van der Waals surface area contributed by atoms with Gasteiger partial charge in [0.1, 0.15) is 0 Å². The van der Waals surface area contributed by atoms with Crippen LogP contribution in [0.3, 0.4) is 0 Å². The van der Waals surface area contributed by atoms with Crippen LogP contribution in [-0.4, -0.2) is 45.8 Å². The van der Waals surface area contributed by atoms with E-state index in [1.807, 2.05) is 6.92 Å². The number of hydrogen-bond acceptors (Lipinski definition) is 3. The molecule has 1 heterocycles. The molecule has 3 rings (SSSR count). The normalized spacial score (nSPS) is 16.5. The van der Waals surface area contributed by atoms with Crippen molar-refractivity contribution in [1.29, 1.82) is 0 Å². The molecule has 0 aliphatic heterocycles. The first kappa shape index (κ1) is 30.5. The number of aromatic amines is 1. The highest BCUT2D eigenvalue weighted by molar-refractivity contribution is 6.38. The molecule has 1 fully saturated rings. The quantitative estimate of drug-likeness (QED) is 0.200. The summed E-state index contributed by atoms with van der Waals surface area (Å²) in [5.74, 6) is -3.55. The topological polar surface area (TPSA) is 85.3 Å². The minimum atomic E-state index is -2.57. The molecule has 1 saturated carbocycles. The number of carboxylic acid groups (broad SMARTS) is 1. The lowest BCUT2D eigenvalue weighted by Gasteiger charge is -2.36. The van der Waals surface area contributed by atoms with Gasteiger partial charge in [-0.1, -0.05) is 70.4 Å². The van der Waals surface area contributed by atoms with Crippen LogP contribution in [0.15, 0.2) is 18.3 Å². The number of hydrogen-bond donors (Lipinski definition) is 4. The van der Waals surface area contributed by atoms with Crippen molar-refractivity contribution in [3.05, 3.63) is 34.5 Å². The van der Waals surface area contributed by atoms with Crippen LogP contribution < -0.4 is 5.32 Å². The SMILES string of the molecule is CCCCCCCCCCNCC1(O)CCC(F)(F)CC1.CCc1cc(C(=O)O)c(Cl)c2cc[nH]c12. The highest BCUT2D eigenvalue weighted by atomic mass is 35.5. The number of nitrogens with one attached hydrogen (secondary N) is 2. The molecule has 1 aromatic heterocycles. The van der Waals surface area contributed by atoms with Crippen molar-refractivity contribution in [1.82, 2.24) is 10.3 Å². The molecule has 1 aromatic carbocycles. The van der Waals surface area contributed by atoms with Gasteiger partial charge in [-0.2, -0.15) is 0 Å². The van der Waals surface area contributed by atoms with E-state index in [1.54, 1.807) is 18.3 Å². The molecule has 0 radical (unpaired) electrons. The lowest BCUT2D eigenvalue weighted by Crippen LogP contribution is -2.46. The molecule has 5 nitrogen and oxygen atoms in total. The van der Waals surface area contributed by atoms with Gasteiger partial charge < -0.3 is 20.5 Å². The van der Waals surface area contributed by atoms with Crippen LogP contribution in [0, 0.1) is 0 Å². The number of aromatic nitrogens is 1. The summed E-state index contributed by atoms with van der Waals surface area (Å²) < 4.78 is 26.1. The largest absolute Gasteiger partial charge is 0.478 e. The first-order valence-electron chi connectivity index (χ1n) is 13.4. The Morgan fingerprint density at radius 3 is 2.25 bits per heavy atom. The Kier molecular flexibility index (Phi) is 12.6. The second kappa shape index (κ2) is 14.9. The molecule has 1 aliphatic rings. The zero-order valence-electron chi connectivity index (χ0n) is 21.8. The minimum Gasteiger partial charge on any atom is -0.478 e. The van der Waals surface area contributed by atoms with E-state index in [9.17, 15) is 18.7 Å². The zero-order chi connectivity index (χ0) is 26.6. The first-order chi connectivity index (χ1) is 17.1. The summed E-state index contributed by atoms with van der Waals surface area (Å²) in [6.45, 7) is 5.55. The van der Waals surface area contributed by atoms with Crippen molar-refractivity contribution in [2.24, 2.45) is 0 Å². The van der Waals surface area contributed by atoms with Crippen LogP contribution in [0.1, 0.15) is 107 Å². The highest BCUT2D eigenvalue weighted by Gasteiger charge is 2.41. The number of alkyl halides is 2. The third-order valence-electron chi connectivity index (χ3n) is 7.04. The van der Waals surface area contributed by atoms with Gasteiger partial charge in [0.05, 0.1) is 21.7 Å². The Morgan fingerprint density at radius 2 is 1.67 bits per heavy atom. The van der Waals surface area contributed by atoms with Gasteiger partial charge in [0.2, 0.25) is 5.92 Å². The number of aromatic carboxylic acids is 1. The molecule has 0 amide bonds. The number of aryl methyl sites for hydroxylation is 1. The first-order valence-corrected chi connectivity index (χ1v) is 13.8. The van der Waals surface area contributed by atoms with E-state index in [1.165, 1.54) is 44.9 Å². The number of aliphatic hydroxyl groups is 1. The molecule has 0 saturated heterocycles. The van der Waals surface area contributed by atoms with Crippen molar-refractivity contribution < 1.29 is 23.8 Å². The molecule has 4 N–H and O–H groups in total. The second-order valence-corrected chi connectivity index (χ2v) is 10.4. The number of unbranched alkanes of at least 4 members (excludes halogenated alkanes) is 7. The highest BCUT2D eigenvalue weighted by Crippen LogP contribution is 2.38. The fourth-order valence-electron chi connectivity index (χ4n) is 4.67. The maximum Gasteiger partial charge on any atom is 0.337 e. The van der Waals surface area contributed by atoms with Gasteiger partial charge >= 0.3 is 5.97 Å². The van der Waals surface area contributed by atoms with Gasteiger partial charge in [0.25, 0.3) is 0 Å². The monoisotopic (exact) mass is 528 g/mol.